The first-order chi connectivity index (χ1) is 8.46. The van der Waals surface area contributed by atoms with Crippen molar-refractivity contribution in [1.29, 1.82) is 0 Å². The minimum Gasteiger partial charge on any atom is -0.444 e. The van der Waals surface area contributed by atoms with Gasteiger partial charge in [0.1, 0.15) is 5.60 Å². The summed E-state index contributed by atoms with van der Waals surface area (Å²) in [6, 6.07) is 0. The molecule has 1 heterocycles. The van der Waals surface area contributed by atoms with Gasteiger partial charge in [0.2, 0.25) is 0 Å². The molecule has 0 radical (unpaired) electrons. The van der Waals surface area contributed by atoms with Crippen LogP contribution in [0.3, 0.4) is 0 Å². The van der Waals surface area contributed by atoms with E-state index in [2.05, 4.69) is 10.3 Å². The largest absolute Gasteiger partial charge is 0.444 e. The average molecular weight is 286 g/mol. The van der Waals surface area contributed by atoms with Crippen LogP contribution in [0.15, 0.2) is 0 Å². The number of hydrogen-bond acceptors (Lipinski definition) is 5. The van der Waals surface area contributed by atoms with Crippen LogP contribution < -0.4 is 5.32 Å². The Hall–Kier alpha value is -1.14. The maximum Gasteiger partial charge on any atom is 0.413 e. The van der Waals surface area contributed by atoms with Crippen LogP contribution in [0.4, 0.5) is 9.93 Å². The molecule has 0 aromatic carbocycles. The lowest BCUT2D eigenvalue weighted by Crippen LogP contribution is -2.27. The summed E-state index contributed by atoms with van der Waals surface area (Å²) in [4.78, 5) is 16.8. The Morgan fingerprint density at radius 1 is 1.37 bits per heavy atom. The summed E-state index contributed by atoms with van der Waals surface area (Å²) in [5.41, 5.74) is -0.509. The molecule has 1 amide bonds. The standard InChI is InChI=1S/C13H22N2O3S/c1-8-9(7-13(5,6)17)19-10(14-8)15-11(16)18-12(2,3)4/h17H,7H2,1-6H3,(H,14,15,16). The van der Waals surface area contributed by atoms with E-state index in [1.54, 1.807) is 34.6 Å². The highest BCUT2D eigenvalue weighted by molar-refractivity contribution is 7.15. The highest BCUT2D eigenvalue weighted by atomic mass is 32.1. The number of thiazole rings is 1. The molecule has 2 N–H and O–H groups in total. The van der Waals surface area contributed by atoms with E-state index in [9.17, 15) is 9.90 Å². The van der Waals surface area contributed by atoms with E-state index in [1.165, 1.54) is 11.3 Å². The molecule has 5 nitrogen and oxygen atoms in total. The van der Waals surface area contributed by atoms with Gasteiger partial charge in [-0.1, -0.05) is 0 Å². The predicted molar refractivity (Wildman–Crippen MR) is 76.7 cm³/mol. The second-order valence-electron chi connectivity index (χ2n) is 6.14. The van der Waals surface area contributed by atoms with Crippen molar-refractivity contribution in [1.82, 2.24) is 4.98 Å². The van der Waals surface area contributed by atoms with Gasteiger partial charge in [-0.3, -0.25) is 5.32 Å². The normalized spacial score (nSPS) is 12.4. The molecule has 0 spiro atoms. The number of nitrogens with one attached hydrogen (secondary N) is 1. The fourth-order valence-electron chi connectivity index (χ4n) is 1.43. The highest BCUT2D eigenvalue weighted by Crippen LogP contribution is 2.26. The van der Waals surface area contributed by atoms with Crippen LogP contribution in [0.1, 0.15) is 45.2 Å². The number of aryl methyl sites for hydroxylation is 1. The molecule has 0 fully saturated rings. The van der Waals surface area contributed by atoms with Gasteiger partial charge in [0.05, 0.1) is 11.3 Å². The highest BCUT2D eigenvalue weighted by Gasteiger charge is 2.20. The lowest BCUT2D eigenvalue weighted by molar-refractivity contribution is 0.0635. The van der Waals surface area contributed by atoms with E-state index >= 15 is 0 Å². The second-order valence-corrected chi connectivity index (χ2v) is 7.23. The maximum absolute atomic E-state index is 11.6. The van der Waals surface area contributed by atoms with Crippen LogP contribution >= 0.6 is 11.3 Å². The first-order valence-electron chi connectivity index (χ1n) is 6.15. The summed E-state index contributed by atoms with van der Waals surface area (Å²) in [6.45, 7) is 10.8. The Balaban J connectivity index is 2.71. The number of carbonyl (C=O) groups excluding carboxylic acids is 1. The van der Waals surface area contributed by atoms with Gasteiger partial charge >= 0.3 is 6.09 Å². The summed E-state index contributed by atoms with van der Waals surface area (Å²) in [7, 11) is 0. The summed E-state index contributed by atoms with van der Waals surface area (Å²) in [5, 5.41) is 12.9. The summed E-state index contributed by atoms with van der Waals surface area (Å²) in [6.07, 6.45) is -0.0111. The van der Waals surface area contributed by atoms with Gasteiger partial charge < -0.3 is 9.84 Å². The van der Waals surface area contributed by atoms with Crippen LogP contribution in [0.2, 0.25) is 0 Å². The number of nitrogens with zero attached hydrogens (tertiary/aromatic N) is 1. The number of aromatic nitrogens is 1. The van der Waals surface area contributed by atoms with Crippen molar-refractivity contribution in [2.75, 3.05) is 5.32 Å². The first kappa shape index (κ1) is 15.9. The van der Waals surface area contributed by atoms with Gasteiger partial charge in [-0.15, -0.1) is 11.3 Å². The predicted octanol–water partition coefficient (Wildman–Crippen LogP) is 3.11. The number of ether oxygens (including phenoxy) is 1. The van der Waals surface area contributed by atoms with Crippen molar-refractivity contribution in [2.45, 2.75) is 59.2 Å². The monoisotopic (exact) mass is 286 g/mol. The topological polar surface area (TPSA) is 71.5 Å². The molecule has 0 saturated carbocycles. The van der Waals surface area contributed by atoms with Gasteiger partial charge in [-0.25, -0.2) is 9.78 Å². The Morgan fingerprint density at radius 2 is 1.95 bits per heavy atom. The zero-order valence-corrected chi connectivity index (χ0v) is 13.1. The molecule has 1 rings (SSSR count). The molecule has 0 unspecified atom stereocenters. The number of aliphatic hydroxyl groups is 1. The lowest BCUT2D eigenvalue weighted by atomic mass is 10.0. The fraction of sp³-hybridized carbons (Fsp3) is 0.692. The Labute approximate surface area is 118 Å². The molecule has 0 atom stereocenters. The van der Waals surface area contributed by atoms with Crippen molar-refractivity contribution in [3.05, 3.63) is 10.6 Å². The molecule has 6 heteroatoms. The third-order valence-corrected chi connectivity index (χ3v) is 3.17. The van der Waals surface area contributed by atoms with Crippen LogP contribution in [0, 0.1) is 6.92 Å². The van der Waals surface area contributed by atoms with Gasteiger partial charge in [0.25, 0.3) is 0 Å². The average Bonchev–Trinajstić information content (AvgIpc) is 2.39. The molecule has 0 bridgehead atoms. The summed E-state index contributed by atoms with van der Waals surface area (Å²) in [5.74, 6) is 0. The molecule has 0 aliphatic rings. The second kappa shape index (κ2) is 5.46. The molecule has 1 aromatic heterocycles. The van der Waals surface area contributed by atoms with Gasteiger partial charge in [0, 0.05) is 11.3 Å². The van der Waals surface area contributed by atoms with Crippen molar-refractivity contribution in [3.8, 4) is 0 Å². The van der Waals surface area contributed by atoms with Gasteiger partial charge in [-0.05, 0) is 41.5 Å². The Bertz CT molecular complexity index is 455. The van der Waals surface area contributed by atoms with Crippen molar-refractivity contribution < 1.29 is 14.6 Å². The fourth-order valence-corrected chi connectivity index (χ4v) is 2.60. The molecular formula is C13H22N2O3S. The van der Waals surface area contributed by atoms with E-state index in [-0.39, 0.29) is 0 Å². The van der Waals surface area contributed by atoms with E-state index in [0.717, 1.165) is 10.6 Å². The quantitative estimate of drug-likeness (QED) is 0.895. The van der Waals surface area contributed by atoms with Crippen molar-refractivity contribution in [3.63, 3.8) is 0 Å². The number of carbonyl (C=O) groups is 1. The van der Waals surface area contributed by atoms with Gasteiger partial charge in [0.15, 0.2) is 5.13 Å². The molecule has 0 aliphatic carbocycles. The maximum atomic E-state index is 11.6. The third kappa shape index (κ3) is 6.02. The summed E-state index contributed by atoms with van der Waals surface area (Å²) < 4.78 is 5.16. The Morgan fingerprint density at radius 3 is 2.42 bits per heavy atom. The molecule has 1 aromatic rings. The SMILES string of the molecule is Cc1nc(NC(=O)OC(C)(C)C)sc1CC(C)(C)O. The smallest absolute Gasteiger partial charge is 0.413 e. The number of rotatable bonds is 3. The molecule has 0 saturated heterocycles. The van der Waals surface area contributed by atoms with E-state index in [4.69, 9.17) is 4.74 Å². The van der Waals surface area contributed by atoms with E-state index in [0.29, 0.717) is 11.6 Å². The minimum absolute atomic E-state index is 0.492. The van der Waals surface area contributed by atoms with Crippen molar-refractivity contribution in [2.24, 2.45) is 0 Å². The van der Waals surface area contributed by atoms with Crippen molar-refractivity contribution >= 4 is 22.6 Å². The first-order valence-corrected chi connectivity index (χ1v) is 6.97. The number of amides is 1. The van der Waals surface area contributed by atoms with Crippen LogP contribution in [-0.2, 0) is 11.2 Å². The number of anilines is 1. The lowest BCUT2D eigenvalue weighted by Gasteiger charge is -2.18. The number of hydrogen-bond donors (Lipinski definition) is 2. The van der Waals surface area contributed by atoms with Gasteiger partial charge in [-0.2, -0.15) is 0 Å². The minimum atomic E-state index is -0.791. The third-order valence-electron chi connectivity index (χ3n) is 2.09. The van der Waals surface area contributed by atoms with Crippen LogP contribution in [-0.4, -0.2) is 27.4 Å². The summed E-state index contributed by atoms with van der Waals surface area (Å²) >= 11 is 1.36. The zero-order valence-electron chi connectivity index (χ0n) is 12.3. The zero-order chi connectivity index (χ0) is 14.8. The Kier molecular flexibility index (Phi) is 4.58. The van der Waals surface area contributed by atoms with E-state index < -0.39 is 17.3 Å². The molecule has 19 heavy (non-hydrogen) atoms. The van der Waals surface area contributed by atoms with Crippen LogP contribution in [0.5, 0.6) is 0 Å². The molecular weight excluding hydrogens is 264 g/mol. The molecule has 108 valence electrons. The van der Waals surface area contributed by atoms with Crippen LogP contribution in [0.25, 0.3) is 0 Å². The molecule has 0 aliphatic heterocycles. The van der Waals surface area contributed by atoms with E-state index in [1.807, 2.05) is 6.92 Å².